The molecule has 0 spiro atoms. The van der Waals surface area contributed by atoms with E-state index in [0.29, 0.717) is 18.2 Å². The predicted octanol–water partition coefficient (Wildman–Crippen LogP) is 1.54. The Labute approximate surface area is 102 Å². The lowest BCUT2D eigenvalue weighted by molar-refractivity contribution is -0.141. The summed E-state index contributed by atoms with van der Waals surface area (Å²) in [7, 11) is 0. The second-order valence-corrected chi connectivity index (χ2v) is 4.10. The van der Waals surface area contributed by atoms with Crippen molar-refractivity contribution in [1.29, 1.82) is 0 Å². The number of rotatable bonds is 2. The highest BCUT2D eigenvalue weighted by atomic mass is 19.4. The minimum Gasteiger partial charge on any atom is -0.352 e. The molecule has 0 aromatic carbocycles. The van der Waals surface area contributed by atoms with Crippen molar-refractivity contribution in [3.63, 3.8) is 0 Å². The van der Waals surface area contributed by atoms with E-state index in [-0.39, 0.29) is 12.6 Å². The zero-order chi connectivity index (χ0) is 13.2. The fraction of sp³-hybridized carbons (Fsp3) is 0.455. The van der Waals surface area contributed by atoms with Gasteiger partial charge in [0.05, 0.1) is 18.8 Å². The van der Waals surface area contributed by atoms with Crippen LogP contribution in [0.1, 0.15) is 18.3 Å². The molecule has 1 atom stereocenters. The smallest absolute Gasteiger partial charge is 0.352 e. The summed E-state index contributed by atoms with van der Waals surface area (Å²) in [5.41, 5.74) is -0.551. The molecule has 1 aliphatic heterocycles. The number of pyridine rings is 1. The van der Waals surface area contributed by atoms with E-state index in [2.05, 4.69) is 20.6 Å². The van der Waals surface area contributed by atoms with Crippen LogP contribution in [-0.2, 0) is 12.7 Å². The van der Waals surface area contributed by atoms with Crippen molar-refractivity contribution in [3.8, 4) is 0 Å². The van der Waals surface area contributed by atoms with Gasteiger partial charge in [0, 0.05) is 6.04 Å². The molecule has 0 amide bonds. The van der Waals surface area contributed by atoms with Crippen LogP contribution < -0.4 is 10.6 Å². The molecule has 0 bridgehead atoms. The van der Waals surface area contributed by atoms with E-state index in [1.165, 1.54) is 6.07 Å². The summed E-state index contributed by atoms with van der Waals surface area (Å²) in [6.45, 7) is 2.85. The second-order valence-electron chi connectivity index (χ2n) is 4.10. The maximum absolute atomic E-state index is 12.4. The van der Waals surface area contributed by atoms with E-state index < -0.39 is 11.9 Å². The monoisotopic (exact) mass is 258 g/mol. The van der Waals surface area contributed by atoms with Crippen LogP contribution in [0.2, 0.25) is 0 Å². The molecular formula is C11H13F3N4. The first-order valence-electron chi connectivity index (χ1n) is 5.53. The number of aliphatic imine (C=N–C) groups is 1. The Morgan fingerprint density at radius 2 is 2.22 bits per heavy atom. The summed E-state index contributed by atoms with van der Waals surface area (Å²) in [6.07, 6.45) is -4.41. The number of nitrogens with zero attached hydrogens (tertiary/aromatic N) is 2. The van der Waals surface area contributed by atoms with Crippen molar-refractivity contribution in [2.24, 2.45) is 4.99 Å². The molecule has 0 saturated heterocycles. The van der Waals surface area contributed by atoms with Crippen molar-refractivity contribution in [2.45, 2.75) is 25.7 Å². The van der Waals surface area contributed by atoms with Crippen molar-refractivity contribution >= 4 is 5.96 Å². The van der Waals surface area contributed by atoms with Crippen LogP contribution in [0.25, 0.3) is 0 Å². The number of guanidine groups is 1. The van der Waals surface area contributed by atoms with Gasteiger partial charge in [0.15, 0.2) is 5.96 Å². The first kappa shape index (κ1) is 12.7. The Bertz CT molecular complexity index is 456. The van der Waals surface area contributed by atoms with E-state index in [1.807, 2.05) is 6.92 Å². The Hall–Kier alpha value is -1.79. The van der Waals surface area contributed by atoms with E-state index in [1.54, 1.807) is 6.07 Å². The lowest BCUT2D eigenvalue weighted by Gasteiger charge is -2.10. The molecular weight excluding hydrogens is 245 g/mol. The van der Waals surface area contributed by atoms with Crippen LogP contribution in [0.3, 0.4) is 0 Å². The van der Waals surface area contributed by atoms with Crippen molar-refractivity contribution in [2.75, 3.05) is 6.54 Å². The Morgan fingerprint density at radius 1 is 1.44 bits per heavy atom. The molecule has 2 N–H and O–H groups in total. The third-order valence-electron chi connectivity index (χ3n) is 2.44. The van der Waals surface area contributed by atoms with Gasteiger partial charge < -0.3 is 10.6 Å². The standard InChI is InChI=1S/C11H13F3N4/c1-7-5-15-10(17-7)16-6-8-3-2-4-9(18-8)11(12,13)14/h2-4,7H,5-6H2,1H3,(H2,15,16,17). The molecule has 0 aliphatic carbocycles. The molecule has 18 heavy (non-hydrogen) atoms. The number of nitrogens with one attached hydrogen (secondary N) is 2. The molecule has 0 saturated carbocycles. The highest BCUT2D eigenvalue weighted by molar-refractivity contribution is 5.81. The predicted molar refractivity (Wildman–Crippen MR) is 61.0 cm³/mol. The van der Waals surface area contributed by atoms with Crippen molar-refractivity contribution in [1.82, 2.24) is 15.6 Å². The zero-order valence-corrected chi connectivity index (χ0v) is 9.75. The molecule has 1 unspecified atom stereocenters. The summed E-state index contributed by atoms with van der Waals surface area (Å²) in [6, 6.07) is 4.10. The van der Waals surface area contributed by atoms with Crippen LogP contribution in [0.5, 0.6) is 0 Å². The number of hydrogen-bond donors (Lipinski definition) is 2. The van der Waals surface area contributed by atoms with Gasteiger partial charge in [-0.1, -0.05) is 6.07 Å². The Kier molecular flexibility index (Phi) is 3.40. The van der Waals surface area contributed by atoms with Gasteiger partial charge in [-0.3, -0.25) is 4.99 Å². The third kappa shape index (κ3) is 3.12. The average Bonchev–Trinajstić information content (AvgIpc) is 2.72. The average molecular weight is 258 g/mol. The van der Waals surface area contributed by atoms with Gasteiger partial charge in [-0.2, -0.15) is 13.2 Å². The number of aromatic nitrogens is 1. The van der Waals surface area contributed by atoms with Gasteiger partial charge in [0.2, 0.25) is 0 Å². The number of halogens is 3. The largest absolute Gasteiger partial charge is 0.433 e. The van der Waals surface area contributed by atoms with Crippen LogP contribution in [0.15, 0.2) is 23.2 Å². The highest BCUT2D eigenvalue weighted by Gasteiger charge is 2.32. The first-order valence-corrected chi connectivity index (χ1v) is 5.53. The molecule has 0 radical (unpaired) electrons. The summed E-state index contributed by atoms with van der Waals surface area (Å²) in [5.74, 6) is 0.599. The highest BCUT2D eigenvalue weighted by Crippen LogP contribution is 2.27. The van der Waals surface area contributed by atoms with E-state index in [4.69, 9.17) is 0 Å². The van der Waals surface area contributed by atoms with Gasteiger partial charge in [0.25, 0.3) is 0 Å². The number of alkyl halides is 3. The zero-order valence-electron chi connectivity index (χ0n) is 9.75. The maximum Gasteiger partial charge on any atom is 0.433 e. The molecule has 1 aromatic rings. The third-order valence-corrected chi connectivity index (χ3v) is 2.44. The fourth-order valence-corrected chi connectivity index (χ4v) is 1.57. The van der Waals surface area contributed by atoms with Gasteiger partial charge in [-0.15, -0.1) is 0 Å². The molecule has 98 valence electrons. The van der Waals surface area contributed by atoms with E-state index in [0.717, 1.165) is 6.07 Å². The van der Waals surface area contributed by atoms with Crippen LogP contribution >= 0.6 is 0 Å². The first-order chi connectivity index (χ1) is 8.45. The molecule has 1 aromatic heterocycles. The molecule has 2 heterocycles. The topological polar surface area (TPSA) is 49.3 Å². The van der Waals surface area contributed by atoms with Gasteiger partial charge >= 0.3 is 6.18 Å². The molecule has 1 aliphatic rings. The summed E-state index contributed by atoms with van der Waals surface area (Å²) < 4.78 is 37.3. The van der Waals surface area contributed by atoms with Crippen molar-refractivity contribution in [3.05, 3.63) is 29.6 Å². The minimum atomic E-state index is -4.41. The van der Waals surface area contributed by atoms with Crippen LogP contribution in [0, 0.1) is 0 Å². The molecule has 2 rings (SSSR count). The van der Waals surface area contributed by atoms with Crippen LogP contribution in [0.4, 0.5) is 13.2 Å². The lowest BCUT2D eigenvalue weighted by Crippen LogP contribution is -2.37. The molecule has 7 heteroatoms. The Balaban J connectivity index is 1.98. The maximum atomic E-state index is 12.4. The molecule has 4 nitrogen and oxygen atoms in total. The fourth-order valence-electron chi connectivity index (χ4n) is 1.57. The van der Waals surface area contributed by atoms with Gasteiger partial charge in [-0.05, 0) is 19.1 Å². The normalized spacial score (nSPS) is 19.3. The summed E-state index contributed by atoms with van der Waals surface area (Å²) in [5, 5.41) is 5.97. The lowest BCUT2D eigenvalue weighted by atomic mass is 10.3. The quantitative estimate of drug-likeness (QED) is 0.846. The number of hydrogen-bond acceptors (Lipinski definition) is 4. The Morgan fingerprint density at radius 3 is 2.83 bits per heavy atom. The van der Waals surface area contributed by atoms with Gasteiger partial charge in [-0.25, -0.2) is 4.98 Å². The summed E-state index contributed by atoms with van der Waals surface area (Å²) in [4.78, 5) is 7.70. The van der Waals surface area contributed by atoms with Crippen LogP contribution in [-0.4, -0.2) is 23.5 Å². The van der Waals surface area contributed by atoms with Gasteiger partial charge in [0.1, 0.15) is 5.69 Å². The van der Waals surface area contributed by atoms with Crippen molar-refractivity contribution < 1.29 is 13.2 Å². The SMILES string of the molecule is CC1CN=C(NCc2cccc(C(F)(F)F)n2)N1. The second kappa shape index (κ2) is 4.83. The summed E-state index contributed by atoms with van der Waals surface area (Å²) >= 11 is 0. The van der Waals surface area contributed by atoms with E-state index in [9.17, 15) is 13.2 Å². The van der Waals surface area contributed by atoms with E-state index >= 15 is 0 Å². The minimum absolute atomic E-state index is 0.211. The molecule has 0 fully saturated rings.